The number of nitrogens with two attached hydrogens (primary N) is 2. The van der Waals surface area contributed by atoms with Gasteiger partial charge in [0.25, 0.3) is 5.91 Å². The molecule has 9 nitrogen and oxygen atoms in total. The van der Waals surface area contributed by atoms with Gasteiger partial charge >= 0.3 is 0 Å². The number of amides is 3. The average molecular weight is 379 g/mol. The minimum atomic E-state index is -1.58. The molecule has 0 unspecified atom stereocenters. The number of carbonyl (C=O) groups excluding carboxylic acids is 3. The van der Waals surface area contributed by atoms with Gasteiger partial charge in [0, 0.05) is 16.7 Å². The first-order valence-corrected chi connectivity index (χ1v) is 8.25. The number of carbonyl (C=O) groups is 3. The first-order valence-electron chi connectivity index (χ1n) is 8.25. The van der Waals surface area contributed by atoms with Crippen molar-refractivity contribution in [2.75, 3.05) is 0 Å². The van der Waals surface area contributed by atoms with Crippen molar-refractivity contribution in [3.8, 4) is 22.9 Å². The van der Waals surface area contributed by atoms with E-state index in [0.29, 0.717) is 11.5 Å². The van der Waals surface area contributed by atoms with Crippen molar-refractivity contribution < 1.29 is 18.8 Å². The molecule has 0 spiro atoms. The van der Waals surface area contributed by atoms with Gasteiger partial charge in [-0.25, -0.2) is 0 Å². The highest BCUT2D eigenvalue weighted by molar-refractivity contribution is 6.08. The van der Waals surface area contributed by atoms with E-state index in [-0.39, 0.29) is 11.5 Å². The van der Waals surface area contributed by atoms with Gasteiger partial charge in [0.15, 0.2) is 6.04 Å². The molecule has 1 heterocycles. The number of hydrogen-bond donors (Lipinski definition) is 3. The number of nitrogens with zero attached hydrogens (tertiary/aromatic N) is 2. The van der Waals surface area contributed by atoms with Crippen LogP contribution in [0.25, 0.3) is 22.9 Å². The van der Waals surface area contributed by atoms with E-state index in [2.05, 4.69) is 15.5 Å². The van der Waals surface area contributed by atoms with Crippen LogP contribution in [-0.2, 0) is 9.59 Å². The van der Waals surface area contributed by atoms with E-state index < -0.39 is 23.8 Å². The average Bonchev–Trinajstić information content (AvgIpc) is 3.16. The van der Waals surface area contributed by atoms with Gasteiger partial charge in [-0.3, -0.25) is 14.4 Å². The quantitative estimate of drug-likeness (QED) is 0.538. The maximum Gasteiger partial charge on any atom is 0.252 e. The van der Waals surface area contributed by atoms with Crippen LogP contribution in [0.3, 0.4) is 0 Å². The third-order valence-electron chi connectivity index (χ3n) is 3.93. The fourth-order valence-electron chi connectivity index (χ4n) is 2.50. The summed E-state index contributed by atoms with van der Waals surface area (Å²) in [4.78, 5) is 34.5. The van der Waals surface area contributed by atoms with Crippen LogP contribution in [0.1, 0.15) is 15.9 Å². The lowest BCUT2D eigenvalue weighted by Crippen LogP contribution is -2.52. The van der Waals surface area contributed by atoms with Gasteiger partial charge in [0.1, 0.15) is 0 Å². The first-order chi connectivity index (χ1) is 13.3. The van der Waals surface area contributed by atoms with Crippen molar-refractivity contribution in [1.82, 2.24) is 15.5 Å². The SMILES string of the molecule is Cc1cccc(-c2nnc(-c3ccc(C(=O)NC(C(N)=O)C(N)=O)cc3)o2)c1. The molecule has 3 aromatic rings. The number of primary amides is 2. The van der Waals surface area contributed by atoms with Crippen LogP contribution < -0.4 is 16.8 Å². The number of aromatic nitrogens is 2. The molecule has 1 aromatic heterocycles. The van der Waals surface area contributed by atoms with E-state index in [1.165, 1.54) is 12.1 Å². The summed E-state index contributed by atoms with van der Waals surface area (Å²) in [5, 5.41) is 10.2. The van der Waals surface area contributed by atoms with Crippen LogP contribution in [0.5, 0.6) is 0 Å². The van der Waals surface area contributed by atoms with Crippen LogP contribution in [0.2, 0.25) is 0 Å². The molecule has 3 amide bonds. The van der Waals surface area contributed by atoms with Gasteiger partial charge in [0.05, 0.1) is 0 Å². The second-order valence-electron chi connectivity index (χ2n) is 6.07. The predicted molar refractivity (Wildman–Crippen MR) is 99.5 cm³/mol. The Balaban J connectivity index is 1.77. The molecule has 0 atom stereocenters. The van der Waals surface area contributed by atoms with Crippen molar-refractivity contribution in [3.05, 3.63) is 59.7 Å². The second kappa shape index (κ2) is 7.70. The van der Waals surface area contributed by atoms with Crippen molar-refractivity contribution in [2.24, 2.45) is 11.5 Å². The molecule has 3 rings (SSSR count). The van der Waals surface area contributed by atoms with Gasteiger partial charge in [-0.15, -0.1) is 10.2 Å². The van der Waals surface area contributed by atoms with E-state index in [1.807, 2.05) is 31.2 Å². The summed E-state index contributed by atoms with van der Waals surface area (Å²) >= 11 is 0. The number of aryl methyl sites for hydroxylation is 1. The zero-order valence-electron chi connectivity index (χ0n) is 14.9. The summed E-state index contributed by atoms with van der Waals surface area (Å²) in [6, 6.07) is 12.3. The van der Waals surface area contributed by atoms with E-state index in [0.717, 1.165) is 11.1 Å². The number of benzene rings is 2. The summed E-state index contributed by atoms with van der Waals surface area (Å²) < 4.78 is 5.69. The number of nitrogens with one attached hydrogen (secondary N) is 1. The topological polar surface area (TPSA) is 154 Å². The summed E-state index contributed by atoms with van der Waals surface area (Å²) in [7, 11) is 0. The Bertz CT molecular complexity index is 1030. The smallest absolute Gasteiger partial charge is 0.252 e. The van der Waals surface area contributed by atoms with Crippen molar-refractivity contribution >= 4 is 17.7 Å². The van der Waals surface area contributed by atoms with Gasteiger partial charge in [-0.1, -0.05) is 17.7 Å². The van der Waals surface area contributed by atoms with Gasteiger partial charge in [0.2, 0.25) is 23.6 Å². The van der Waals surface area contributed by atoms with Crippen molar-refractivity contribution in [3.63, 3.8) is 0 Å². The van der Waals surface area contributed by atoms with Crippen LogP contribution >= 0.6 is 0 Å². The highest BCUT2D eigenvalue weighted by atomic mass is 16.4. The van der Waals surface area contributed by atoms with E-state index in [1.54, 1.807) is 12.1 Å². The molecular formula is C19H17N5O4. The fourth-order valence-corrected chi connectivity index (χ4v) is 2.50. The summed E-state index contributed by atoms with van der Waals surface area (Å²) in [6.45, 7) is 1.96. The third-order valence-corrected chi connectivity index (χ3v) is 3.93. The van der Waals surface area contributed by atoms with Crippen molar-refractivity contribution in [2.45, 2.75) is 13.0 Å². The Kier molecular flexibility index (Phi) is 5.16. The lowest BCUT2D eigenvalue weighted by atomic mass is 10.1. The Morgan fingerprint density at radius 3 is 2.11 bits per heavy atom. The highest BCUT2D eigenvalue weighted by Crippen LogP contribution is 2.24. The zero-order valence-corrected chi connectivity index (χ0v) is 14.9. The third kappa shape index (κ3) is 4.04. The normalized spacial score (nSPS) is 10.6. The van der Waals surface area contributed by atoms with E-state index in [4.69, 9.17) is 15.9 Å². The molecule has 142 valence electrons. The van der Waals surface area contributed by atoms with E-state index >= 15 is 0 Å². The monoisotopic (exact) mass is 379 g/mol. The number of hydrogen-bond acceptors (Lipinski definition) is 6. The lowest BCUT2D eigenvalue weighted by Gasteiger charge is -2.11. The van der Waals surface area contributed by atoms with Crippen LogP contribution in [-0.4, -0.2) is 34.0 Å². The Hall–Kier alpha value is -4.01. The molecule has 0 aliphatic carbocycles. The first kappa shape index (κ1) is 18.8. The van der Waals surface area contributed by atoms with Crippen LogP contribution in [0.15, 0.2) is 52.9 Å². The summed E-state index contributed by atoms with van der Waals surface area (Å²) in [6.07, 6.45) is 0. The highest BCUT2D eigenvalue weighted by Gasteiger charge is 2.24. The molecule has 0 bridgehead atoms. The van der Waals surface area contributed by atoms with E-state index in [9.17, 15) is 14.4 Å². The standard InChI is InChI=1S/C19H17N5O4/c1-10-3-2-4-13(9-10)19-24-23-18(28-19)12-7-5-11(6-8-12)17(27)22-14(15(20)25)16(21)26/h2-9,14H,1H3,(H2,20,25)(H2,21,26)(H,22,27). The largest absolute Gasteiger partial charge is 0.416 e. The van der Waals surface area contributed by atoms with Crippen LogP contribution in [0.4, 0.5) is 0 Å². The molecule has 0 aliphatic heterocycles. The second-order valence-corrected chi connectivity index (χ2v) is 6.07. The molecule has 9 heteroatoms. The molecular weight excluding hydrogens is 362 g/mol. The summed E-state index contributed by atoms with van der Waals surface area (Å²) in [5.74, 6) is -2.07. The van der Waals surface area contributed by atoms with Crippen LogP contribution in [0, 0.1) is 6.92 Å². The Morgan fingerprint density at radius 1 is 0.929 bits per heavy atom. The number of rotatable bonds is 6. The predicted octanol–water partition coefficient (Wildman–Crippen LogP) is 0.781. The Labute approximate surface area is 159 Å². The minimum Gasteiger partial charge on any atom is -0.416 e. The molecule has 0 aliphatic rings. The van der Waals surface area contributed by atoms with Gasteiger partial charge in [-0.2, -0.15) is 0 Å². The molecule has 5 N–H and O–H groups in total. The fraction of sp³-hybridized carbons (Fsp3) is 0.105. The minimum absolute atomic E-state index is 0.203. The molecule has 0 radical (unpaired) electrons. The molecule has 2 aromatic carbocycles. The molecule has 0 saturated heterocycles. The maximum absolute atomic E-state index is 12.2. The van der Waals surface area contributed by atoms with Gasteiger partial charge in [-0.05, 0) is 43.3 Å². The molecule has 28 heavy (non-hydrogen) atoms. The van der Waals surface area contributed by atoms with Crippen molar-refractivity contribution in [1.29, 1.82) is 0 Å². The Morgan fingerprint density at radius 2 is 1.54 bits per heavy atom. The van der Waals surface area contributed by atoms with Gasteiger partial charge < -0.3 is 21.2 Å². The molecule has 0 fully saturated rings. The lowest BCUT2D eigenvalue weighted by molar-refractivity contribution is -0.128. The maximum atomic E-state index is 12.2. The zero-order chi connectivity index (χ0) is 20.3. The molecule has 0 saturated carbocycles. The summed E-state index contributed by atoms with van der Waals surface area (Å²) in [5.41, 5.74) is 12.8.